The molecule has 2 fully saturated rings. The van der Waals surface area contributed by atoms with Crippen LogP contribution in [0.3, 0.4) is 0 Å². The Kier molecular flexibility index (Phi) is 4.38. The number of piperidine rings is 1. The van der Waals surface area contributed by atoms with E-state index in [4.69, 9.17) is 5.73 Å². The molecule has 1 saturated carbocycles. The molecular weight excluding hydrogens is 220 g/mol. The largest absolute Gasteiger partial charge is 0.329 e. The van der Waals surface area contributed by atoms with Crippen LogP contribution in [0.5, 0.6) is 0 Å². The van der Waals surface area contributed by atoms with Gasteiger partial charge in [-0.05, 0) is 56.5 Å². The van der Waals surface area contributed by atoms with E-state index >= 15 is 0 Å². The first-order chi connectivity index (χ1) is 8.66. The molecule has 0 radical (unpaired) electrons. The fourth-order valence-corrected chi connectivity index (χ4v) is 4.21. The number of hydrogen-bond acceptors (Lipinski definition) is 2. The number of nitrogens with two attached hydrogens (primary N) is 1. The first kappa shape index (κ1) is 14.3. The summed E-state index contributed by atoms with van der Waals surface area (Å²) in [5.41, 5.74) is 7.15. The van der Waals surface area contributed by atoms with E-state index in [1.807, 2.05) is 0 Å². The van der Waals surface area contributed by atoms with Crippen LogP contribution in [0.2, 0.25) is 0 Å². The lowest BCUT2D eigenvalue weighted by atomic mass is 9.72. The van der Waals surface area contributed by atoms with Crippen LogP contribution in [0.25, 0.3) is 0 Å². The molecule has 1 saturated heterocycles. The molecule has 1 heterocycles. The van der Waals surface area contributed by atoms with E-state index in [9.17, 15) is 0 Å². The van der Waals surface area contributed by atoms with Crippen molar-refractivity contribution in [2.24, 2.45) is 17.1 Å². The fraction of sp³-hybridized carbons (Fsp3) is 1.00. The monoisotopic (exact) mass is 252 g/mol. The predicted octanol–water partition coefficient (Wildman–Crippen LogP) is 3.41. The topological polar surface area (TPSA) is 29.3 Å². The summed E-state index contributed by atoms with van der Waals surface area (Å²) >= 11 is 0. The van der Waals surface area contributed by atoms with Gasteiger partial charge in [0.15, 0.2) is 0 Å². The summed E-state index contributed by atoms with van der Waals surface area (Å²) in [6.45, 7) is 10.5. The molecule has 2 nitrogen and oxygen atoms in total. The van der Waals surface area contributed by atoms with Gasteiger partial charge in [-0.3, -0.25) is 4.90 Å². The molecule has 1 aliphatic carbocycles. The highest BCUT2D eigenvalue weighted by Crippen LogP contribution is 2.48. The normalized spacial score (nSPS) is 28.0. The lowest BCUT2D eigenvalue weighted by Crippen LogP contribution is -2.58. The van der Waals surface area contributed by atoms with Gasteiger partial charge in [0.05, 0.1) is 0 Å². The average molecular weight is 252 g/mol. The second-order valence-electron chi connectivity index (χ2n) is 6.63. The van der Waals surface area contributed by atoms with E-state index < -0.39 is 0 Å². The van der Waals surface area contributed by atoms with Crippen LogP contribution in [0.4, 0.5) is 0 Å². The molecule has 2 N–H and O–H groups in total. The lowest BCUT2D eigenvalue weighted by Gasteiger charge is -2.50. The standard InChI is InChI=1S/C16H32N2/c1-4-15(5-2)9-11-18(12-10-15)16(6-3,13-17)14-7-8-14/h14H,4-13,17H2,1-3H3. The SMILES string of the molecule is CCC1(CC)CCN(C(CC)(CN)C2CC2)CC1. The zero-order chi connectivity index (χ0) is 13.2. The van der Waals surface area contributed by atoms with E-state index in [1.54, 1.807) is 0 Å². The highest BCUT2D eigenvalue weighted by molar-refractivity contribution is 5.04. The first-order valence-corrected chi connectivity index (χ1v) is 8.11. The smallest absolute Gasteiger partial charge is 0.0357 e. The molecule has 0 aromatic heterocycles. The molecule has 1 atom stereocenters. The molecular formula is C16H32N2. The third-order valence-corrected chi connectivity index (χ3v) is 6.26. The van der Waals surface area contributed by atoms with Crippen LogP contribution in [0.1, 0.15) is 65.7 Å². The maximum atomic E-state index is 6.18. The Morgan fingerprint density at radius 2 is 1.67 bits per heavy atom. The molecule has 106 valence electrons. The van der Waals surface area contributed by atoms with Crippen molar-refractivity contribution in [1.82, 2.24) is 4.90 Å². The van der Waals surface area contributed by atoms with Gasteiger partial charge in [-0.2, -0.15) is 0 Å². The van der Waals surface area contributed by atoms with Crippen molar-refractivity contribution in [3.05, 3.63) is 0 Å². The van der Waals surface area contributed by atoms with Gasteiger partial charge in [-0.25, -0.2) is 0 Å². The zero-order valence-corrected chi connectivity index (χ0v) is 12.7. The van der Waals surface area contributed by atoms with E-state index in [0.717, 1.165) is 12.5 Å². The van der Waals surface area contributed by atoms with Gasteiger partial charge in [0.2, 0.25) is 0 Å². The second kappa shape index (κ2) is 5.50. The van der Waals surface area contributed by atoms with Gasteiger partial charge < -0.3 is 5.73 Å². The van der Waals surface area contributed by atoms with E-state index in [2.05, 4.69) is 25.7 Å². The molecule has 0 aromatic rings. The average Bonchev–Trinajstić information content (AvgIpc) is 3.27. The molecule has 2 aliphatic rings. The Bertz CT molecular complexity index is 252. The van der Waals surface area contributed by atoms with Crippen molar-refractivity contribution in [2.45, 2.75) is 71.3 Å². The van der Waals surface area contributed by atoms with Crippen molar-refractivity contribution >= 4 is 0 Å². The number of hydrogen-bond donors (Lipinski definition) is 1. The summed E-state index contributed by atoms with van der Waals surface area (Å²) in [6, 6.07) is 0. The van der Waals surface area contributed by atoms with E-state index in [1.165, 1.54) is 58.0 Å². The molecule has 2 heteroatoms. The van der Waals surface area contributed by atoms with E-state index in [0.29, 0.717) is 11.0 Å². The number of likely N-dealkylation sites (tertiary alicyclic amines) is 1. The van der Waals surface area contributed by atoms with Crippen molar-refractivity contribution in [3.63, 3.8) is 0 Å². The molecule has 1 aliphatic heterocycles. The van der Waals surface area contributed by atoms with Gasteiger partial charge >= 0.3 is 0 Å². The molecule has 0 spiro atoms. The minimum atomic E-state index is 0.341. The van der Waals surface area contributed by atoms with Gasteiger partial charge in [0.25, 0.3) is 0 Å². The second-order valence-corrected chi connectivity index (χ2v) is 6.63. The Morgan fingerprint density at radius 1 is 1.11 bits per heavy atom. The van der Waals surface area contributed by atoms with Crippen LogP contribution >= 0.6 is 0 Å². The third kappa shape index (κ3) is 2.34. The van der Waals surface area contributed by atoms with Crippen LogP contribution in [-0.2, 0) is 0 Å². The minimum Gasteiger partial charge on any atom is -0.329 e. The van der Waals surface area contributed by atoms with Gasteiger partial charge in [-0.1, -0.05) is 33.6 Å². The quantitative estimate of drug-likeness (QED) is 0.785. The van der Waals surface area contributed by atoms with Crippen LogP contribution in [0.15, 0.2) is 0 Å². The van der Waals surface area contributed by atoms with Gasteiger partial charge in [-0.15, -0.1) is 0 Å². The highest BCUT2D eigenvalue weighted by Gasteiger charge is 2.48. The van der Waals surface area contributed by atoms with Gasteiger partial charge in [0.1, 0.15) is 0 Å². The minimum absolute atomic E-state index is 0.341. The van der Waals surface area contributed by atoms with Crippen molar-refractivity contribution < 1.29 is 0 Å². The van der Waals surface area contributed by atoms with Crippen LogP contribution in [-0.4, -0.2) is 30.1 Å². The van der Waals surface area contributed by atoms with Crippen molar-refractivity contribution in [2.75, 3.05) is 19.6 Å². The molecule has 2 rings (SSSR count). The summed E-state index contributed by atoms with van der Waals surface area (Å²) in [6.07, 6.45) is 9.52. The highest BCUT2D eigenvalue weighted by atomic mass is 15.2. The number of rotatable bonds is 6. The predicted molar refractivity (Wildman–Crippen MR) is 78.6 cm³/mol. The molecule has 18 heavy (non-hydrogen) atoms. The van der Waals surface area contributed by atoms with E-state index in [-0.39, 0.29) is 0 Å². The Balaban J connectivity index is 2.03. The summed E-state index contributed by atoms with van der Waals surface area (Å²) < 4.78 is 0. The number of nitrogens with zero attached hydrogens (tertiary/aromatic N) is 1. The first-order valence-electron chi connectivity index (χ1n) is 8.11. The molecule has 0 amide bonds. The third-order valence-electron chi connectivity index (χ3n) is 6.26. The summed E-state index contributed by atoms with van der Waals surface area (Å²) in [7, 11) is 0. The Labute approximate surface area is 113 Å². The van der Waals surface area contributed by atoms with Crippen LogP contribution in [0, 0.1) is 11.3 Å². The summed E-state index contributed by atoms with van der Waals surface area (Å²) in [5, 5.41) is 0. The fourth-order valence-electron chi connectivity index (χ4n) is 4.21. The van der Waals surface area contributed by atoms with Gasteiger partial charge in [0, 0.05) is 12.1 Å². The molecule has 0 bridgehead atoms. The Morgan fingerprint density at radius 3 is 2.00 bits per heavy atom. The van der Waals surface area contributed by atoms with Crippen molar-refractivity contribution in [3.8, 4) is 0 Å². The summed E-state index contributed by atoms with van der Waals surface area (Å²) in [5.74, 6) is 0.892. The maximum absolute atomic E-state index is 6.18. The molecule has 1 unspecified atom stereocenters. The maximum Gasteiger partial charge on any atom is 0.0357 e. The van der Waals surface area contributed by atoms with Crippen molar-refractivity contribution in [1.29, 1.82) is 0 Å². The van der Waals surface area contributed by atoms with Crippen LogP contribution < -0.4 is 5.73 Å². The lowest BCUT2D eigenvalue weighted by molar-refractivity contribution is 0.00170. The molecule has 0 aromatic carbocycles. The zero-order valence-electron chi connectivity index (χ0n) is 12.7. The summed E-state index contributed by atoms with van der Waals surface area (Å²) in [4.78, 5) is 2.76. The Hall–Kier alpha value is -0.0800.